The lowest BCUT2D eigenvalue weighted by atomic mass is 10.1. The van der Waals surface area contributed by atoms with Gasteiger partial charge in [0.1, 0.15) is 11.6 Å². The number of carbonyl (C=O) groups is 1. The molecule has 2 aromatic rings. The lowest BCUT2D eigenvalue weighted by Crippen LogP contribution is -2.13. The second-order valence-electron chi connectivity index (χ2n) is 4.37. The third kappa shape index (κ3) is 2.88. The van der Waals surface area contributed by atoms with Crippen LogP contribution in [0.3, 0.4) is 0 Å². The van der Waals surface area contributed by atoms with Gasteiger partial charge in [-0.25, -0.2) is 4.39 Å². The van der Waals surface area contributed by atoms with Gasteiger partial charge in [0.2, 0.25) is 0 Å². The normalized spacial score (nSPS) is 10.2. The van der Waals surface area contributed by atoms with Crippen molar-refractivity contribution in [2.24, 2.45) is 0 Å². The minimum Gasteiger partial charge on any atom is -0.497 e. The van der Waals surface area contributed by atoms with Crippen LogP contribution in [0.1, 0.15) is 15.9 Å². The van der Waals surface area contributed by atoms with Crippen LogP contribution in [0, 0.1) is 12.7 Å². The highest BCUT2D eigenvalue weighted by Gasteiger charge is 2.10. The van der Waals surface area contributed by atoms with Gasteiger partial charge in [0, 0.05) is 11.6 Å². The van der Waals surface area contributed by atoms with Gasteiger partial charge in [-0.3, -0.25) is 4.79 Å². The summed E-state index contributed by atoms with van der Waals surface area (Å²) < 4.78 is 18.3. The molecular formula is C15H15FN2O2. The molecule has 4 nitrogen and oxygen atoms in total. The number of ether oxygens (including phenoxy) is 1. The number of amides is 1. The van der Waals surface area contributed by atoms with Gasteiger partial charge >= 0.3 is 0 Å². The van der Waals surface area contributed by atoms with E-state index in [1.165, 1.54) is 25.3 Å². The van der Waals surface area contributed by atoms with Crippen LogP contribution in [0.4, 0.5) is 15.8 Å². The number of aryl methyl sites for hydroxylation is 1. The van der Waals surface area contributed by atoms with Gasteiger partial charge in [0.05, 0.1) is 18.5 Å². The number of rotatable bonds is 3. The number of halogens is 1. The van der Waals surface area contributed by atoms with Gasteiger partial charge in [-0.1, -0.05) is 0 Å². The second-order valence-corrected chi connectivity index (χ2v) is 4.37. The van der Waals surface area contributed by atoms with Crippen LogP contribution in [0.15, 0.2) is 36.4 Å². The molecule has 2 rings (SSSR count). The van der Waals surface area contributed by atoms with Crippen molar-refractivity contribution in [2.45, 2.75) is 6.92 Å². The van der Waals surface area contributed by atoms with Crippen LogP contribution in [-0.4, -0.2) is 13.0 Å². The Labute approximate surface area is 116 Å². The van der Waals surface area contributed by atoms with E-state index in [0.29, 0.717) is 28.3 Å². The Kier molecular flexibility index (Phi) is 3.89. The fourth-order valence-electron chi connectivity index (χ4n) is 1.75. The summed E-state index contributed by atoms with van der Waals surface area (Å²) >= 11 is 0. The lowest BCUT2D eigenvalue weighted by molar-refractivity contribution is 0.102. The molecule has 0 aliphatic rings. The van der Waals surface area contributed by atoms with E-state index in [1.54, 1.807) is 25.1 Å². The number of nitrogens with one attached hydrogen (secondary N) is 1. The van der Waals surface area contributed by atoms with Gasteiger partial charge in [-0.15, -0.1) is 0 Å². The van der Waals surface area contributed by atoms with E-state index in [2.05, 4.69) is 5.32 Å². The lowest BCUT2D eigenvalue weighted by Gasteiger charge is -2.10. The highest BCUT2D eigenvalue weighted by atomic mass is 19.1. The number of methoxy groups -OCH3 is 1. The molecule has 20 heavy (non-hydrogen) atoms. The minimum absolute atomic E-state index is 0.345. The first-order valence-electron chi connectivity index (χ1n) is 6.02. The van der Waals surface area contributed by atoms with Crippen molar-refractivity contribution in [1.82, 2.24) is 0 Å². The standard InChI is InChI=1S/C15H15FN2O2/c1-9-7-10(3-5-12(9)16)15(19)18-14-8-11(20-2)4-6-13(14)17/h3-8H,17H2,1-2H3,(H,18,19). The smallest absolute Gasteiger partial charge is 0.255 e. The monoisotopic (exact) mass is 274 g/mol. The number of hydrogen-bond acceptors (Lipinski definition) is 3. The Morgan fingerprint density at radius 2 is 2.00 bits per heavy atom. The van der Waals surface area contributed by atoms with Gasteiger partial charge in [-0.2, -0.15) is 0 Å². The summed E-state index contributed by atoms with van der Waals surface area (Å²) in [4.78, 5) is 12.1. The number of benzene rings is 2. The minimum atomic E-state index is -0.354. The van der Waals surface area contributed by atoms with Crippen molar-refractivity contribution >= 4 is 17.3 Å². The summed E-state index contributed by atoms with van der Waals surface area (Å²) in [5, 5.41) is 2.68. The molecular weight excluding hydrogens is 259 g/mol. The van der Waals surface area contributed by atoms with E-state index in [1.807, 2.05) is 0 Å². The summed E-state index contributed by atoms with van der Waals surface area (Å²) in [5.74, 6) is -0.111. The Morgan fingerprint density at radius 1 is 1.25 bits per heavy atom. The number of nitrogens with two attached hydrogens (primary N) is 1. The van der Waals surface area contributed by atoms with Gasteiger partial charge in [0.25, 0.3) is 5.91 Å². The van der Waals surface area contributed by atoms with Crippen LogP contribution < -0.4 is 15.8 Å². The quantitative estimate of drug-likeness (QED) is 0.846. The maximum absolute atomic E-state index is 13.2. The van der Waals surface area contributed by atoms with Crippen molar-refractivity contribution in [3.63, 3.8) is 0 Å². The fourth-order valence-corrected chi connectivity index (χ4v) is 1.75. The Hall–Kier alpha value is -2.56. The molecule has 0 heterocycles. The average molecular weight is 274 g/mol. The molecule has 0 aliphatic carbocycles. The van der Waals surface area contributed by atoms with E-state index >= 15 is 0 Å². The summed E-state index contributed by atoms with van der Waals surface area (Å²) in [6.07, 6.45) is 0. The number of nitrogen functional groups attached to an aromatic ring is 1. The molecule has 0 aliphatic heterocycles. The molecule has 0 fully saturated rings. The van der Waals surface area contributed by atoms with Crippen molar-refractivity contribution < 1.29 is 13.9 Å². The van der Waals surface area contributed by atoms with Crippen molar-refractivity contribution in [2.75, 3.05) is 18.2 Å². The Balaban J connectivity index is 2.25. The van der Waals surface area contributed by atoms with E-state index in [9.17, 15) is 9.18 Å². The molecule has 0 saturated heterocycles. The average Bonchev–Trinajstić information content (AvgIpc) is 2.44. The first kappa shape index (κ1) is 13.9. The number of anilines is 2. The fraction of sp³-hybridized carbons (Fsp3) is 0.133. The molecule has 0 radical (unpaired) electrons. The molecule has 0 bridgehead atoms. The Bertz CT molecular complexity index is 656. The summed E-state index contributed by atoms with van der Waals surface area (Å²) in [6, 6.07) is 9.15. The Morgan fingerprint density at radius 3 is 2.65 bits per heavy atom. The predicted octanol–water partition coefficient (Wildman–Crippen LogP) is 2.98. The van der Waals surface area contributed by atoms with E-state index in [-0.39, 0.29) is 11.7 Å². The third-order valence-electron chi connectivity index (χ3n) is 2.93. The number of hydrogen-bond donors (Lipinski definition) is 2. The zero-order valence-electron chi connectivity index (χ0n) is 11.2. The molecule has 5 heteroatoms. The molecule has 0 atom stereocenters. The van der Waals surface area contributed by atoms with Crippen LogP contribution in [0.2, 0.25) is 0 Å². The molecule has 0 unspecified atom stereocenters. The van der Waals surface area contributed by atoms with Crippen LogP contribution >= 0.6 is 0 Å². The molecule has 0 aromatic heterocycles. The van der Waals surface area contributed by atoms with Crippen LogP contribution in [0.25, 0.3) is 0 Å². The largest absolute Gasteiger partial charge is 0.497 e. The molecule has 0 saturated carbocycles. The van der Waals surface area contributed by atoms with Crippen LogP contribution in [0.5, 0.6) is 5.75 Å². The third-order valence-corrected chi connectivity index (χ3v) is 2.93. The maximum Gasteiger partial charge on any atom is 0.255 e. The van der Waals surface area contributed by atoms with Crippen molar-refractivity contribution in [3.05, 3.63) is 53.3 Å². The zero-order chi connectivity index (χ0) is 14.7. The zero-order valence-corrected chi connectivity index (χ0v) is 11.2. The molecule has 2 aromatic carbocycles. The van der Waals surface area contributed by atoms with Gasteiger partial charge in [0.15, 0.2) is 0 Å². The van der Waals surface area contributed by atoms with E-state index in [4.69, 9.17) is 10.5 Å². The molecule has 104 valence electrons. The highest BCUT2D eigenvalue weighted by Crippen LogP contribution is 2.25. The van der Waals surface area contributed by atoms with Gasteiger partial charge < -0.3 is 15.8 Å². The SMILES string of the molecule is COc1ccc(N)c(NC(=O)c2ccc(F)c(C)c2)c1. The van der Waals surface area contributed by atoms with Crippen LogP contribution in [-0.2, 0) is 0 Å². The van der Waals surface area contributed by atoms with E-state index in [0.717, 1.165) is 0 Å². The molecule has 3 N–H and O–H groups in total. The maximum atomic E-state index is 13.2. The second kappa shape index (κ2) is 5.61. The molecule has 1 amide bonds. The first-order chi connectivity index (χ1) is 9.51. The van der Waals surface area contributed by atoms with E-state index < -0.39 is 0 Å². The highest BCUT2D eigenvalue weighted by molar-refractivity contribution is 6.05. The molecule has 0 spiro atoms. The summed E-state index contributed by atoms with van der Waals surface area (Å²) in [5.41, 5.74) is 7.46. The first-order valence-corrected chi connectivity index (χ1v) is 6.02. The number of carbonyl (C=O) groups excluding carboxylic acids is 1. The topological polar surface area (TPSA) is 64.3 Å². The van der Waals surface area contributed by atoms with Gasteiger partial charge in [-0.05, 0) is 42.8 Å². The van der Waals surface area contributed by atoms with Crippen molar-refractivity contribution in [1.29, 1.82) is 0 Å². The summed E-state index contributed by atoms with van der Waals surface area (Å²) in [7, 11) is 1.53. The van der Waals surface area contributed by atoms with Crippen molar-refractivity contribution in [3.8, 4) is 5.75 Å². The summed E-state index contributed by atoms with van der Waals surface area (Å²) in [6.45, 7) is 1.60. The predicted molar refractivity (Wildman–Crippen MR) is 76.5 cm³/mol.